The van der Waals surface area contributed by atoms with Gasteiger partial charge >= 0.3 is 0 Å². The van der Waals surface area contributed by atoms with Crippen molar-refractivity contribution in [2.45, 2.75) is 6.54 Å². The van der Waals surface area contributed by atoms with Crippen molar-refractivity contribution >= 4 is 44.5 Å². The average molecular weight is 393 g/mol. The molecule has 0 fully saturated rings. The first-order valence-electron chi connectivity index (χ1n) is 6.63. The van der Waals surface area contributed by atoms with Crippen molar-refractivity contribution in [1.82, 2.24) is 9.88 Å². The molecular formula is C16H13BrN2OS2. The number of carbonyl (C=O) groups is 1. The van der Waals surface area contributed by atoms with Crippen LogP contribution in [0.1, 0.15) is 16.1 Å². The lowest BCUT2D eigenvalue weighted by Crippen LogP contribution is -2.26. The minimum Gasteiger partial charge on any atom is -0.336 e. The molecule has 3 nitrogen and oxygen atoms in total. The number of nitrogens with zero attached hydrogens (tertiary/aromatic N) is 2. The molecule has 3 aromatic rings. The van der Waals surface area contributed by atoms with Crippen molar-refractivity contribution in [3.05, 3.63) is 62.9 Å². The van der Waals surface area contributed by atoms with Crippen molar-refractivity contribution in [1.29, 1.82) is 0 Å². The molecule has 3 rings (SSSR count). The molecule has 0 saturated carbocycles. The highest BCUT2D eigenvalue weighted by Crippen LogP contribution is 2.28. The molecular weight excluding hydrogens is 380 g/mol. The number of hydrogen-bond donors (Lipinski definition) is 0. The first kappa shape index (κ1) is 15.4. The second kappa shape index (κ2) is 6.73. The van der Waals surface area contributed by atoms with Crippen LogP contribution < -0.4 is 0 Å². The maximum atomic E-state index is 12.5. The van der Waals surface area contributed by atoms with E-state index in [1.54, 1.807) is 23.3 Å². The Bertz CT molecular complexity index is 783. The molecule has 112 valence electrons. The lowest BCUT2D eigenvalue weighted by molar-refractivity contribution is 0.0780. The average Bonchev–Trinajstić information content (AvgIpc) is 3.19. The number of hydrogen-bond acceptors (Lipinski definition) is 4. The van der Waals surface area contributed by atoms with Gasteiger partial charge in [-0.2, -0.15) is 0 Å². The van der Waals surface area contributed by atoms with Crippen molar-refractivity contribution in [2.24, 2.45) is 0 Å². The highest BCUT2D eigenvalue weighted by molar-refractivity contribution is 9.10. The van der Waals surface area contributed by atoms with Crippen LogP contribution in [0.2, 0.25) is 0 Å². The van der Waals surface area contributed by atoms with Gasteiger partial charge in [-0.15, -0.1) is 22.7 Å². The van der Waals surface area contributed by atoms with E-state index in [2.05, 4.69) is 20.9 Å². The van der Waals surface area contributed by atoms with Gasteiger partial charge in [0.05, 0.1) is 4.88 Å². The normalized spacial score (nSPS) is 10.6. The van der Waals surface area contributed by atoms with E-state index < -0.39 is 0 Å². The molecule has 1 amide bonds. The molecule has 0 aliphatic carbocycles. The Morgan fingerprint density at radius 2 is 2.05 bits per heavy atom. The largest absolute Gasteiger partial charge is 0.336 e. The number of thiazole rings is 1. The summed E-state index contributed by atoms with van der Waals surface area (Å²) in [5.41, 5.74) is 1.58. The van der Waals surface area contributed by atoms with Gasteiger partial charge in [0.15, 0.2) is 0 Å². The van der Waals surface area contributed by atoms with Gasteiger partial charge in [0.25, 0.3) is 5.91 Å². The van der Waals surface area contributed by atoms with E-state index in [1.807, 2.05) is 47.2 Å². The second-order valence-corrected chi connectivity index (χ2v) is 7.43. The van der Waals surface area contributed by atoms with Gasteiger partial charge in [0.2, 0.25) is 0 Å². The number of rotatable bonds is 4. The first-order chi connectivity index (χ1) is 10.6. The number of aromatic nitrogens is 1. The molecule has 0 atom stereocenters. The van der Waals surface area contributed by atoms with Crippen molar-refractivity contribution in [3.8, 4) is 9.88 Å². The summed E-state index contributed by atoms with van der Waals surface area (Å²) in [7, 11) is 1.80. The Labute approximate surface area is 145 Å². The molecule has 0 radical (unpaired) electrons. The van der Waals surface area contributed by atoms with E-state index in [1.165, 1.54) is 11.3 Å². The monoisotopic (exact) mass is 392 g/mol. The molecule has 0 unspecified atom stereocenters. The zero-order valence-corrected chi connectivity index (χ0v) is 15.0. The number of thiophene rings is 1. The minimum atomic E-state index is -0.0604. The van der Waals surface area contributed by atoms with E-state index in [-0.39, 0.29) is 5.91 Å². The van der Waals surface area contributed by atoms with Gasteiger partial charge < -0.3 is 4.90 Å². The fourth-order valence-corrected chi connectivity index (χ4v) is 4.05. The molecule has 22 heavy (non-hydrogen) atoms. The molecule has 1 aromatic carbocycles. The third-order valence-electron chi connectivity index (χ3n) is 3.17. The quantitative estimate of drug-likeness (QED) is 0.631. The summed E-state index contributed by atoms with van der Waals surface area (Å²) in [4.78, 5) is 19.7. The Balaban J connectivity index is 1.75. The SMILES string of the molecule is CN(Cc1ccccc1Br)C(=O)c1csc(-c2cccs2)n1. The molecule has 6 heteroatoms. The summed E-state index contributed by atoms with van der Waals surface area (Å²) in [5, 5.41) is 4.73. The third-order valence-corrected chi connectivity index (χ3v) is 5.82. The van der Waals surface area contributed by atoms with E-state index in [4.69, 9.17) is 0 Å². The minimum absolute atomic E-state index is 0.0604. The van der Waals surface area contributed by atoms with Crippen LogP contribution >= 0.6 is 38.6 Å². The summed E-state index contributed by atoms with van der Waals surface area (Å²) in [6.45, 7) is 0.548. The van der Waals surface area contributed by atoms with Crippen LogP contribution in [0.25, 0.3) is 9.88 Å². The topological polar surface area (TPSA) is 33.2 Å². The van der Waals surface area contributed by atoms with Crippen LogP contribution in [-0.4, -0.2) is 22.8 Å². The molecule has 0 N–H and O–H groups in total. The van der Waals surface area contributed by atoms with Gasteiger partial charge in [-0.1, -0.05) is 40.2 Å². The summed E-state index contributed by atoms with van der Waals surface area (Å²) in [5.74, 6) is -0.0604. The lowest BCUT2D eigenvalue weighted by atomic mass is 10.2. The van der Waals surface area contributed by atoms with Crippen LogP contribution in [0.5, 0.6) is 0 Å². The molecule has 0 aliphatic heterocycles. The Morgan fingerprint density at radius 3 is 2.77 bits per heavy atom. The number of benzene rings is 1. The van der Waals surface area contributed by atoms with Gasteiger partial charge in [-0.25, -0.2) is 4.98 Å². The zero-order chi connectivity index (χ0) is 15.5. The molecule has 0 bridgehead atoms. The predicted octanol–water partition coefficient (Wildman–Crippen LogP) is 4.91. The van der Waals surface area contributed by atoms with E-state index in [0.717, 1.165) is 19.9 Å². The predicted molar refractivity (Wildman–Crippen MR) is 95.4 cm³/mol. The van der Waals surface area contributed by atoms with Crippen LogP contribution in [-0.2, 0) is 6.54 Å². The first-order valence-corrected chi connectivity index (χ1v) is 9.18. The van der Waals surface area contributed by atoms with Crippen LogP contribution in [0.15, 0.2) is 51.6 Å². The van der Waals surface area contributed by atoms with E-state index >= 15 is 0 Å². The molecule has 2 aromatic heterocycles. The van der Waals surface area contributed by atoms with Gasteiger partial charge in [-0.3, -0.25) is 4.79 Å². The summed E-state index contributed by atoms with van der Waals surface area (Å²) < 4.78 is 1.01. The summed E-state index contributed by atoms with van der Waals surface area (Å²) >= 11 is 6.65. The van der Waals surface area contributed by atoms with Gasteiger partial charge in [0.1, 0.15) is 10.7 Å². The van der Waals surface area contributed by atoms with Gasteiger partial charge in [0, 0.05) is 23.4 Å². The maximum absolute atomic E-state index is 12.5. The molecule has 0 saturated heterocycles. The molecule has 0 aliphatic rings. The second-order valence-electron chi connectivity index (χ2n) is 4.77. The Morgan fingerprint density at radius 1 is 1.23 bits per heavy atom. The van der Waals surface area contributed by atoms with Crippen molar-refractivity contribution < 1.29 is 4.79 Å². The smallest absolute Gasteiger partial charge is 0.273 e. The summed E-state index contributed by atoms with van der Waals surface area (Å²) in [6.07, 6.45) is 0. The number of halogens is 1. The summed E-state index contributed by atoms with van der Waals surface area (Å²) in [6, 6.07) is 11.9. The van der Waals surface area contributed by atoms with Crippen LogP contribution in [0.3, 0.4) is 0 Å². The highest BCUT2D eigenvalue weighted by atomic mass is 79.9. The molecule has 2 heterocycles. The third kappa shape index (κ3) is 3.29. The maximum Gasteiger partial charge on any atom is 0.273 e. The Hall–Kier alpha value is -1.50. The lowest BCUT2D eigenvalue weighted by Gasteiger charge is -2.16. The van der Waals surface area contributed by atoms with Crippen LogP contribution in [0, 0.1) is 0 Å². The van der Waals surface area contributed by atoms with Crippen molar-refractivity contribution in [2.75, 3.05) is 7.05 Å². The number of amides is 1. The standard InChI is InChI=1S/C16H13BrN2OS2/c1-19(9-11-5-2-3-6-12(11)17)16(20)13-10-22-15(18-13)14-7-4-8-21-14/h2-8,10H,9H2,1H3. The zero-order valence-electron chi connectivity index (χ0n) is 11.8. The fourth-order valence-electron chi connectivity index (χ4n) is 2.03. The van der Waals surface area contributed by atoms with E-state index in [9.17, 15) is 4.79 Å². The highest BCUT2D eigenvalue weighted by Gasteiger charge is 2.17. The van der Waals surface area contributed by atoms with E-state index in [0.29, 0.717) is 12.2 Å². The number of carbonyl (C=O) groups excluding carboxylic acids is 1. The van der Waals surface area contributed by atoms with Gasteiger partial charge in [-0.05, 0) is 23.1 Å². The Kier molecular flexibility index (Phi) is 4.71. The van der Waals surface area contributed by atoms with Crippen LogP contribution in [0.4, 0.5) is 0 Å². The van der Waals surface area contributed by atoms with Crippen molar-refractivity contribution in [3.63, 3.8) is 0 Å². The molecule has 0 spiro atoms. The fraction of sp³-hybridized carbons (Fsp3) is 0.125.